The Labute approximate surface area is 131 Å². The second-order valence-electron chi connectivity index (χ2n) is 5.60. The van der Waals surface area contributed by atoms with Crippen LogP contribution in [0.5, 0.6) is 0 Å². The Morgan fingerprint density at radius 3 is 2.64 bits per heavy atom. The maximum atomic E-state index is 13.0. The van der Waals surface area contributed by atoms with E-state index in [2.05, 4.69) is 17.3 Å². The summed E-state index contributed by atoms with van der Waals surface area (Å²) in [5.41, 5.74) is 2.98. The summed E-state index contributed by atoms with van der Waals surface area (Å²) < 4.78 is 14.8. The van der Waals surface area contributed by atoms with E-state index in [4.69, 9.17) is 0 Å². The predicted octanol–water partition coefficient (Wildman–Crippen LogP) is 3.13. The molecule has 1 heterocycles. The molecule has 0 bridgehead atoms. The van der Waals surface area contributed by atoms with Gasteiger partial charge in [-0.05, 0) is 57.5 Å². The van der Waals surface area contributed by atoms with Gasteiger partial charge in [0.2, 0.25) is 0 Å². The summed E-state index contributed by atoms with van der Waals surface area (Å²) in [4.78, 5) is 0. The third-order valence-corrected chi connectivity index (χ3v) is 3.98. The summed E-state index contributed by atoms with van der Waals surface area (Å²) in [5, 5.41) is 17.4. The van der Waals surface area contributed by atoms with Gasteiger partial charge in [0.1, 0.15) is 5.82 Å². The number of aromatic nitrogens is 2. The molecule has 2 aromatic rings. The van der Waals surface area contributed by atoms with Crippen LogP contribution in [0.3, 0.4) is 0 Å². The molecular formula is C17H24FN3O. The molecular weight excluding hydrogens is 281 g/mol. The Kier molecular flexibility index (Phi) is 5.69. The van der Waals surface area contributed by atoms with E-state index in [0.29, 0.717) is 0 Å². The largest absolute Gasteiger partial charge is 0.393 e. The van der Waals surface area contributed by atoms with Crippen molar-refractivity contribution in [3.63, 3.8) is 0 Å². The van der Waals surface area contributed by atoms with Crippen molar-refractivity contribution in [1.29, 1.82) is 0 Å². The molecule has 0 spiro atoms. The standard InChI is InChI=1S/C17H24FN3O/c1-4-16(22)9-10-19-12(2)17-11-20-21(13(17)3)15-7-5-14(18)6-8-15/h5-8,11-12,16,19,22H,4,9-10H2,1-3H3. The summed E-state index contributed by atoms with van der Waals surface area (Å²) in [7, 11) is 0. The van der Waals surface area contributed by atoms with Crippen LogP contribution in [0.4, 0.5) is 4.39 Å². The van der Waals surface area contributed by atoms with Crippen LogP contribution in [0.2, 0.25) is 0 Å². The number of aliphatic hydroxyl groups excluding tert-OH is 1. The summed E-state index contributed by atoms with van der Waals surface area (Å²) in [5.74, 6) is -0.252. The minimum atomic E-state index is -0.252. The maximum absolute atomic E-state index is 13.0. The summed E-state index contributed by atoms with van der Waals surface area (Å²) in [6.07, 6.45) is 3.11. The van der Waals surface area contributed by atoms with E-state index in [1.54, 1.807) is 12.1 Å². The number of hydrogen-bond donors (Lipinski definition) is 2. The number of rotatable bonds is 7. The predicted molar refractivity (Wildman–Crippen MR) is 85.6 cm³/mol. The molecule has 2 N–H and O–H groups in total. The lowest BCUT2D eigenvalue weighted by Crippen LogP contribution is -2.23. The van der Waals surface area contributed by atoms with Gasteiger partial charge in [-0.3, -0.25) is 0 Å². The fraction of sp³-hybridized carbons (Fsp3) is 0.471. The van der Waals surface area contributed by atoms with Crippen molar-refractivity contribution in [2.24, 2.45) is 0 Å². The van der Waals surface area contributed by atoms with E-state index in [1.165, 1.54) is 12.1 Å². The summed E-state index contributed by atoms with van der Waals surface area (Å²) in [6.45, 7) is 6.82. The molecule has 0 aliphatic rings. The Balaban J connectivity index is 2.05. The quantitative estimate of drug-likeness (QED) is 0.826. The molecule has 0 aliphatic heterocycles. The van der Waals surface area contributed by atoms with Crippen molar-refractivity contribution in [3.8, 4) is 5.69 Å². The molecule has 2 atom stereocenters. The zero-order valence-corrected chi connectivity index (χ0v) is 13.4. The summed E-state index contributed by atoms with van der Waals surface area (Å²) >= 11 is 0. The van der Waals surface area contributed by atoms with E-state index < -0.39 is 0 Å². The lowest BCUT2D eigenvalue weighted by molar-refractivity contribution is 0.159. The number of aliphatic hydroxyl groups is 1. The molecule has 2 unspecified atom stereocenters. The number of hydrogen-bond acceptors (Lipinski definition) is 3. The molecule has 4 nitrogen and oxygen atoms in total. The number of nitrogens with zero attached hydrogens (tertiary/aromatic N) is 2. The minimum Gasteiger partial charge on any atom is -0.393 e. The third-order valence-electron chi connectivity index (χ3n) is 3.98. The Morgan fingerprint density at radius 1 is 1.32 bits per heavy atom. The molecule has 5 heteroatoms. The number of nitrogens with one attached hydrogen (secondary N) is 1. The molecule has 0 saturated carbocycles. The first-order valence-electron chi connectivity index (χ1n) is 7.74. The van der Waals surface area contributed by atoms with Crippen molar-refractivity contribution in [2.75, 3.05) is 6.54 Å². The number of halogens is 1. The first-order valence-corrected chi connectivity index (χ1v) is 7.74. The fourth-order valence-corrected chi connectivity index (χ4v) is 2.47. The molecule has 0 radical (unpaired) electrons. The van der Waals surface area contributed by atoms with E-state index in [-0.39, 0.29) is 18.0 Å². The highest BCUT2D eigenvalue weighted by molar-refractivity contribution is 5.35. The normalized spacial score (nSPS) is 14.0. The van der Waals surface area contributed by atoms with E-state index >= 15 is 0 Å². The van der Waals surface area contributed by atoms with Gasteiger partial charge in [-0.15, -0.1) is 0 Å². The van der Waals surface area contributed by atoms with Gasteiger partial charge in [-0.2, -0.15) is 5.10 Å². The second kappa shape index (κ2) is 7.51. The van der Waals surface area contributed by atoms with Gasteiger partial charge in [-0.1, -0.05) is 6.92 Å². The summed E-state index contributed by atoms with van der Waals surface area (Å²) in [6, 6.07) is 6.45. The van der Waals surface area contributed by atoms with Crippen LogP contribution in [0.15, 0.2) is 30.5 Å². The minimum absolute atomic E-state index is 0.151. The van der Waals surface area contributed by atoms with Gasteiger partial charge in [0.25, 0.3) is 0 Å². The van der Waals surface area contributed by atoms with Gasteiger partial charge < -0.3 is 10.4 Å². The van der Waals surface area contributed by atoms with Crippen LogP contribution in [-0.2, 0) is 0 Å². The molecule has 0 amide bonds. The Bertz CT molecular complexity index is 594. The molecule has 0 fully saturated rings. The van der Waals surface area contributed by atoms with Gasteiger partial charge in [0, 0.05) is 17.3 Å². The van der Waals surface area contributed by atoms with Crippen molar-refractivity contribution in [3.05, 3.63) is 47.5 Å². The van der Waals surface area contributed by atoms with Crippen LogP contribution in [-0.4, -0.2) is 27.5 Å². The van der Waals surface area contributed by atoms with E-state index in [0.717, 1.165) is 36.3 Å². The first-order chi connectivity index (χ1) is 10.5. The molecule has 1 aromatic heterocycles. The molecule has 0 saturated heterocycles. The van der Waals surface area contributed by atoms with Crippen LogP contribution in [0, 0.1) is 12.7 Å². The second-order valence-corrected chi connectivity index (χ2v) is 5.60. The lowest BCUT2D eigenvalue weighted by atomic mass is 10.1. The van der Waals surface area contributed by atoms with Crippen LogP contribution in [0.25, 0.3) is 5.69 Å². The van der Waals surface area contributed by atoms with Crippen LogP contribution in [0.1, 0.15) is 44.0 Å². The van der Waals surface area contributed by atoms with Crippen molar-refractivity contribution in [1.82, 2.24) is 15.1 Å². The molecule has 2 rings (SSSR count). The molecule has 1 aromatic carbocycles. The average molecular weight is 305 g/mol. The van der Waals surface area contributed by atoms with Gasteiger partial charge in [0.15, 0.2) is 0 Å². The average Bonchev–Trinajstić information content (AvgIpc) is 2.89. The van der Waals surface area contributed by atoms with Crippen molar-refractivity contribution in [2.45, 2.75) is 45.8 Å². The molecule has 120 valence electrons. The molecule has 22 heavy (non-hydrogen) atoms. The van der Waals surface area contributed by atoms with Gasteiger partial charge >= 0.3 is 0 Å². The van der Waals surface area contributed by atoms with Gasteiger partial charge in [-0.25, -0.2) is 9.07 Å². The lowest BCUT2D eigenvalue weighted by Gasteiger charge is -2.15. The smallest absolute Gasteiger partial charge is 0.123 e. The Morgan fingerprint density at radius 2 is 2.00 bits per heavy atom. The van der Waals surface area contributed by atoms with Crippen LogP contribution < -0.4 is 5.32 Å². The maximum Gasteiger partial charge on any atom is 0.123 e. The number of benzene rings is 1. The fourth-order valence-electron chi connectivity index (χ4n) is 2.47. The molecule has 0 aliphatic carbocycles. The van der Waals surface area contributed by atoms with Gasteiger partial charge in [0.05, 0.1) is 18.0 Å². The van der Waals surface area contributed by atoms with E-state index in [1.807, 2.05) is 24.7 Å². The SMILES string of the molecule is CCC(O)CCNC(C)c1cnn(-c2ccc(F)cc2)c1C. The van der Waals surface area contributed by atoms with Crippen LogP contribution >= 0.6 is 0 Å². The topological polar surface area (TPSA) is 50.1 Å². The first kappa shape index (κ1) is 16.6. The van der Waals surface area contributed by atoms with E-state index in [9.17, 15) is 9.50 Å². The Hall–Kier alpha value is -1.72. The van der Waals surface area contributed by atoms with Crippen molar-refractivity contribution >= 4 is 0 Å². The monoisotopic (exact) mass is 305 g/mol. The highest BCUT2D eigenvalue weighted by atomic mass is 19.1. The third kappa shape index (κ3) is 3.93. The highest BCUT2D eigenvalue weighted by Gasteiger charge is 2.14. The highest BCUT2D eigenvalue weighted by Crippen LogP contribution is 2.20. The zero-order chi connectivity index (χ0) is 16.1. The zero-order valence-electron chi connectivity index (χ0n) is 13.4. The van der Waals surface area contributed by atoms with Crippen molar-refractivity contribution < 1.29 is 9.50 Å².